The molecule has 0 bridgehead atoms. The van der Waals surface area contributed by atoms with E-state index in [1.54, 1.807) is 11.0 Å². The molecule has 2 atom stereocenters. The van der Waals surface area contributed by atoms with Crippen LogP contribution < -0.4 is 10.6 Å². The molecule has 2 aromatic rings. The minimum absolute atomic E-state index is 0.0510. The lowest BCUT2D eigenvalue weighted by molar-refractivity contribution is -0.125. The molecule has 2 aromatic carbocycles. The second kappa shape index (κ2) is 7.44. The summed E-state index contributed by atoms with van der Waals surface area (Å²) in [6, 6.07) is 14.4. The molecular formula is C21H21N3O4. The van der Waals surface area contributed by atoms with Gasteiger partial charge < -0.3 is 20.3 Å². The highest BCUT2D eigenvalue weighted by molar-refractivity contribution is 6.10. The standard InChI is InChI=1S/C21H21N3O4/c1-28-12-19(25)22-15-10-18-20(26)23-17-8-7-14(13-5-3-2-4-6-13)9-16(17)21(27)24(18)11-15/h2-9,15,18H,10-12H2,1H3,(H,22,25)(H,23,26)/t15-,18-/m0/s1. The fourth-order valence-corrected chi connectivity index (χ4v) is 3.83. The maximum absolute atomic E-state index is 13.2. The van der Waals surface area contributed by atoms with Crippen molar-refractivity contribution in [2.75, 3.05) is 25.6 Å². The molecular weight excluding hydrogens is 358 g/mol. The molecule has 0 radical (unpaired) electrons. The second-order valence-corrected chi connectivity index (χ2v) is 7.02. The molecule has 4 rings (SSSR count). The molecule has 0 aromatic heterocycles. The van der Waals surface area contributed by atoms with Gasteiger partial charge in [0.25, 0.3) is 5.91 Å². The van der Waals surface area contributed by atoms with Crippen molar-refractivity contribution in [3.8, 4) is 11.1 Å². The quantitative estimate of drug-likeness (QED) is 0.846. The summed E-state index contributed by atoms with van der Waals surface area (Å²) in [7, 11) is 1.44. The number of fused-ring (bicyclic) bond motifs is 2. The average Bonchev–Trinajstić information content (AvgIpc) is 3.08. The maximum Gasteiger partial charge on any atom is 0.256 e. The Morgan fingerprint density at radius 3 is 2.71 bits per heavy atom. The van der Waals surface area contributed by atoms with Crippen LogP contribution in [0.4, 0.5) is 5.69 Å². The molecule has 2 N–H and O–H groups in total. The van der Waals surface area contributed by atoms with Gasteiger partial charge in [-0.2, -0.15) is 0 Å². The monoisotopic (exact) mass is 379 g/mol. The Bertz CT molecular complexity index is 929. The number of benzene rings is 2. The Morgan fingerprint density at radius 2 is 1.96 bits per heavy atom. The van der Waals surface area contributed by atoms with Crippen molar-refractivity contribution in [1.82, 2.24) is 10.2 Å². The van der Waals surface area contributed by atoms with Crippen molar-refractivity contribution in [2.45, 2.75) is 18.5 Å². The zero-order valence-corrected chi connectivity index (χ0v) is 15.5. The van der Waals surface area contributed by atoms with Crippen LogP contribution in [0.3, 0.4) is 0 Å². The van der Waals surface area contributed by atoms with E-state index < -0.39 is 6.04 Å². The lowest BCUT2D eigenvalue weighted by atomic mass is 10.0. The van der Waals surface area contributed by atoms with Crippen LogP contribution in [0.1, 0.15) is 16.8 Å². The van der Waals surface area contributed by atoms with Crippen LogP contribution in [0.15, 0.2) is 48.5 Å². The number of nitrogens with zero attached hydrogens (tertiary/aromatic N) is 1. The van der Waals surface area contributed by atoms with Crippen molar-refractivity contribution in [1.29, 1.82) is 0 Å². The summed E-state index contributed by atoms with van der Waals surface area (Å²) in [4.78, 5) is 39.2. The first-order valence-electron chi connectivity index (χ1n) is 9.16. The zero-order chi connectivity index (χ0) is 19.7. The van der Waals surface area contributed by atoms with E-state index in [2.05, 4.69) is 10.6 Å². The molecule has 2 aliphatic rings. The van der Waals surface area contributed by atoms with Gasteiger partial charge in [-0.05, 0) is 29.7 Å². The first-order valence-corrected chi connectivity index (χ1v) is 9.16. The van der Waals surface area contributed by atoms with Crippen LogP contribution in [0.25, 0.3) is 11.1 Å². The van der Waals surface area contributed by atoms with Crippen LogP contribution in [0.2, 0.25) is 0 Å². The van der Waals surface area contributed by atoms with Gasteiger partial charge in [-0.3, -0.25) is 14.4 Å². The first kappa shape index (κ1) is 18.2. The van der Waals surface area contributed by atoms with E-state index >= 15 is 0 Å². The third kappa shape index (κ3) is 3.36. The Labute approximate surface area is 162 Å². The van der Waals surface area contributed by atoms with Gasteiger partial charge in [0, 0.05) is 19.7 Å². The Kier molecular flexibility index (Phi) is 4.83. The number of rotatable bonds is 4. The molecule has 0 unspecified atom stereocenters. The normalized spacial score (nSPS) is 20.8. The highest BCUT2D eigenvalue weighted by atomic mass is 16.5. The molecule has 2 aliphatic heterocycles. The summed E-state index contributed by atoms with van der Waals surface area (Å²) in [5.74, 6) is -0.701. The van der Waals surface area contributed by atoms with Crippen molar-refractivity contribution < 1.29 is 19.1 Å². The smallest absolute Gasteiger partial charge is 0.256 e. The number of amides is 3. The molecule has 1 fully saturated rings. The molecule has 0 saturated carbocycles. The first-order chi connectivity index (χ1) is 13.6. The van der Waals surface area contributed by atoms with Gasteiger partial charge in [-0.1, -0.05) is 36.4 Å². The summed E-state index contributed by atoms with van der Waals surface area (Å²) in [5, 5.41) is 5.68. The predicted molar refractivity (Wildman–Crippen MR) is 104 cm³/mol. The molecule has 7 nitrogen and oxygen atoms in total. The molecule has 0 spiro atoms. The number of carbonyl (C=O) groups excluding carboxylic acids is 3. The highest BCUT2D eigenvalue weighted by Gasteiger charge is 2.43. The van der Waals surface area contributed by atoms with E-state index in [9.17, 15) is 14.4 Å². The number of hydrogen-bond donors (Lipinski definition) is 2. The van der Waals surface area contributed by atoms with E-state index in [-0.39, 0.29) is 30.4 Å². The van der Waals surface area contributed by atoms with E-state index in [1.165, 1.54) is 7.11 Å². The van der Waals surface area contributed by atoms with Crippen molar-refractivity contribution in [3.05, 3.63) is 54.1 Å². The van der Waals surface area contributed by atoms with Crippen LogP contribution in [0, 0.1) is 0 Å². The molecule has 1 saturated heterocycles. The number of nitrogens with one attached hydrogen (secondary N) is 2. The summed E-state index contributed by atoms with van der Waals surface area (Å²) in [6.07, 6.45) is 0.382. The lowest BCUT2D eigenvalue weighted by Gasteiger charge is -2.20. The van der Waals surface area contributed by atoms with Gasteiger partial charge >= 0.3 is 0 Å². The van der Waals surface area contributed by atoms with Gasteiger partial charge in [0.05, 0.1) is 11.3 Å². The van der Waals surface area contributed by atoms with Gasteiger partial charge in [0.15, 0.2) is 0 Å². The number of anilines is 1. The largest absolute Gasteiger partial charge is 0.375 e. The Morgan fingerprint density at radius 1 is 1.18 bits per heavy atom. The third-order valence-electron chi connectivity index (χ3n) is 5.12. The van der Waals surface area contributed by atoms with Crippen LogP contribution in [0.5, 0.6) is 0 Å². The van der Waals surface area contributed by atoms with Crippen molar-refractivity contribution in [3.63, 3.8) is 0 Å². The Hall–Kier alpha value is -3.19. The minimum Gasteiger partial charge on any atom is -0.375 e. The number of methoxy groups -OCH3 is 1. The average molecular weight is 379 g/mol. The highest BCUT2D eigenvalue weighted by Crippen LogP contribution is 2.32. The van der Waals surface area contributed by atoms with Gasteiger partial charge in [-0.15, -0.1) is 0 Å². The third-order valence-corrected chi connectivity index (χ3v) is 5.12. The molecule has 144 valence electrons. The number of carbonyl (C=O) groups is 3. The van der Waals surface area contributed by atoms with Crippen LogP contribution in [-0.4, -0.2) is 55.0 Å². The summed E-state index contributed by atoms with van der Waals surface area (Å²) in [5.41, 5.74) is 2.88. The molecule has 28 heavy (non-hydrogen) atoms. The predicted octanol–water partition coefficient (Wildman–Crippen LogP) is 1.65. The van der Waals surface area contributed by atoms with E-state index in [4.69, 9.17) is 4.74 Å². The fourth-order valence-electron chi connectivity index (χ4n) is 3.83. The van der Waals surface area contributed by atoms with E-state index in [1.807, 2.05) is 42.5 Å². The summed E-state index contributed by atoms with van der Waals surface area (Å²) < 4.78 is 4.82. The van der Waals surface area contributed by atoms with Gasteiger partial charge in [0.2, 0.25) is 11.8 Å². The van der Waals surface area contributed by atoms with Crippen molar-refractivity contribution >= 4 is 23.4 Å². The van der Waals surface area contributed by atoms with Crippen molar-refractivity contribution in [2.24, 2.45) is 0 Å². The van der Waals surface area contributed by atoms with Gasteiger partial charge in [0.1, 0.15) is 12.6 Å². The van der Waals surface area contributed by atoms with E-state index in [0.29, 0.717) is 24.2 Å². The van der Waals surface area contributed by atoms with Crippen LogP contribution in [-0.2, 0) is 14.3 Å². The number of ether oxygens (including phenoxy) is 1. The zero-order valence-electron chi connectivity index (χ0n) is 15.5. The van der Waals surface area contributed by atoms with E-state index in [0.717, 1.165) is 11.1 Å². The summed E-state index contributed by atoms with van der Waals surface area (Å²) in [6.45, 7) is 0.242. The maximum atomic E-state index is 13.2. The van der Waals surface area contributed by atoms with Crippen LogP contribution >= 0.6 is 0 Å². The van der Waals surface area contributed by atoms with Gasteiger partial charge in [-0.25, -0.2) is 0 Å². The topological polar surface area (TPSA) is 87.7 Å². The minimum atomic E-state index is -0.604. The Balaban J connectivity index is 1.62. The summed E-state index contributed by atoms with van der Waals surface area (Å²) >= 11 is 0. The lowest BCUT2D eigenvalue weighted by Crippen LogP contribution is -2.41. The fraction of sp³-hybridized carbons (Fsp3) is 0.286. The SMILES string of the molecule is COCC(=O)N[C@H]1C[C@H]2C(=O)Nc3ccc(-c4ccccc4)cc3C(=O)N2C1. The molecule has 3 amide bonds. The molecule has 2 heterocycles. The molecule has 7 heteroatoms. The molecule has 0 aliphatic carbocycles. The number of hydrogen-bond acceptors (Lipinski definition) is 4. The second-order valence-electron chi connectivity index (χ2n) is 7.02.